The molecule has 0 N–H and O–H groups in total. The molecule has 1 unspecified atom stereocenters. The molecule has 0 aliphatic carbocycles. The molecule has 6 heteroatoms. The third-order valence-electron chi connectivity index (χ3n) is 2.46. The first-order chi connectivity index (χ1) is 8.71. The highest BCUT2D eigenvalue weighted by molar-refractivity contribution is 9.10. The largest absolute Gasteiger partial charge is 0.493 e. The van der Waals surface area contributed by atoms with Crippen LogP contribution < -0.4 is 0 Å². The Labute approximate surface area is 121 Å². The number of alkyl halides is 1. The summed E-state index contributed by atoms with van der Waals surface area (Å²) in [4.78, 5) is 11.5. The third-order valence-corrected chi connectivity index (χ3v) is 2.90. The summed E-state index contributed by atoms with van der Waals surface area (Å²) in [7, 11) is 0. The Hall–Kier alpha value is -0.850. The molecule has 0 aromatic heterocycles. The number of carbonyl (C=O) groups is 1. The summed E-state index contributed by atoms with van der Waals surface area (Å²) in [6.07, 6.45) is -1.25. The van der Waals surface area contributed by atoms with Gasteiger partial charge < -0.3 is 18.9 Å². The van der Waals surface area contributed by atoms with Crippen LogP contribution in [0.15, 0.2) is 24.5 Å². The first-order valence-electron chi connectivity index (χ1n) is 5.82. The summed E-state index contributed by atoms with van der Waals surface area (Å²) < 4.78 is 20.6. The van der Waals surface area contributed by atoms with Crippen molar-refractivity contribution in [3.8, 4) is 0 Å². The zero-order valence-corrected chi connectivity index (χ0v) is 13.0. The zero-order valence-electron chi connectivity index (χ0n) is 11.4. The van der Waals surface area contributed by atoms with Gasteiger partial charge in [-0.25, -0.2) is 4.79 Å². The Balaban J connectivity index is 2.53. The maximum atomic E-state index is 11.5. The number of carbonyl (C=O) groups excluding carboxylic acids is 1. The Morgan fingerprint density at radius 3 is 2.42 bits per heavy atom. The van der Waals surface area contributed by atoms with Gasteiger partial charge in [0.1, 0.15) is 12.4 Å². The topological polar surface area (TPSA) is 54.0 Å². The van der Waals surface area contributed by atoms with Gasteiger partial charge in [-0.3, -0.25) is 0 Å². The molecule has 1 saturated heterocycles. The van der Waals surface area contributed by atoms with E-state index >= 15 is 0 Å². The number of esters is 1. The third kappa shape index (κ3) is 4.97. The van der Waals surface area contributed by atoms with Crippen LogP contribution in [0.3, 0.4) is 0 Å². The molecule has 1 aliphatic heterocycles. The minimum absolute atomic E-state index is 0.109. The molecular weight excluding hydrogens is 316 g/mol. The zero-order chi connectivity index (χ0) is 14.6. The van der Waals surface area contributed by atoms with Crippen LogP contribution in [0, 0.1) is 0 Å². The highest BCUT2D eigenvalue weighted by atomic mass is 79.9. The molecule has 0 spiro atoms. The predicted octanol–water partition coefficient (Wildman–Crippen LogP) is 2.51. The van der Waals surface area contributed by atoms with Gasteiger partial charge in [-0.1, -0.05) is 29.1 Å². The Morgan fingerprint density at radius 2 is 2.05 bits per heavy atom. The van der Waals surface area contributed by atoms with Gasteiger partial charge in [0, 0.05) is 5.57 Å². The molecule has 0 aromatic rings. The van der Waals surface area contributed by atoms with Crippen molar-refractivity contribution in [3.05, 3.63) is 24.5 Å². The fourth-order valence-electron chi connectivity index (χ4n) is 1.12. The SMILES string of the molecule is C=C(C)C(=O)OC(COC(=C)C(C)(C)Br)C1OCO1. The number of allylic oxidation sites excluding steroid dienone is 1. The number of halogens is 1. The standard InChI is InChI=1S/C13H19BrO5/c1-8(2)11(15)19-10(12-17-7-18-12)6-16-9(3)13(4,5)14/h10,12H,1,3,6-7H2,2,4-5H3. The number of ether oxygens (including phenoxy) is 4. The van der Waals surface area contributed by atoms with Gasteiger partial charge in [-0.15, -0.1) is 0 Å². The molecule has 5 nitrogen and oxygen atoms in total. The lowest BCUT2D eigenvalue weighted by Gasteiger charge is -2.33. The molecule has 0 radical (unpaired) electrons. The van der Waals surface area contributed by atoms with Crippen LogP contribution in [-0.4, -0.2) is 36.1 Å². The molecule has 108 valence electrons. The normalized spacial score (nSPS) is 17.3. The van der Waals surface area contributed by atoms with Crippen molar-refractivity contribution in [1.82, 2.24) is 0 Å². The van der Waals surface area contributed by atoms with Crippen molar-refractivity contribution >= 4 is 21.9 Å². The van der Waals surface area contributed by atoms with E-state index < -0.39 is 18.4 Å². The minimum atomic E-state index is -0.649. The van der Waals surface area contributed by atoms with Gasteiger partial charge in [0.25, 0.3) is 0 Å². The summed E-state index contributed by atoms with van der Waals surface area (Å²) in [6.45, 7) is 13.0. The lowest BCUT2D eigenvalue weighted by molar-refractivity contribution is -0.352. The van der Waals surface area contributed by atoms with Gasteiger partial charge in [0.2, 0.25) is 6.29 Å². The fraction of sp³-hybridized carbons (Fsp3) is 0.615. The van der Waals surface area contributed by atoms with E-state index in [9.17, 15) is 4.79 Å². The van der Waals surface area contributed by atoms with Crippen LogP contribution in [0.25, 0.3) is 0 Å². The second-order valence-corrected chi connectivity index (χ2v) is 6.73. The molecule has 0 amide bonds. The van der Waals surface area contributed by atoms with Crippen molar-refractivity contribution < 1.29 is 23.7 Å². The lowest BCUT2D eigenvalue weighted by atomic mass is 10.2. The second kappa shape index (κ2) is 6.54. The molecule has 19 heavy (non-hydrogen) atoms. The van der Waals surface area contributed by atoms with Crippen LogP contribution in [0.4, 0.5) is 0 Å². The monoisotopic (exact) mass is 334 g/mol. The minimum Gasteiger partial charge on any atom is -0.493 e. The summed E-state index contributed by atoms with van der Waals surface area (Å²) >= 11 is 3.43. The average Bonchev–Trinajstić information content (AvgIpc) is 2.21. The summed E-state index contributed by atoms with van der Waals surface area (Å²) in [5.74, 6) is 0.0274. The summed E-state index contributed by atoms with van der Waals surface area (Å²) in [6, 6.07) is 0. The van der Waals surface area contributed by atoms with Gasteiger partial charge in [0.15, 0.2) is 12.9 Å². The van der Waals surface area contributed by atoms with Gasteiger partial charge in [-0.05, 0) is 20.8 Å². The Bertz CT molecular complexity index is 368. The molecular formula is C13H19BrO5. The van der Waals surface area contributed by atoms with E-state index in [-0.39, 0.29) is 17.7 Å². The lowest BCUT2D eigenvalue weighted by Crippen LogP contribution is -2.46. The smallest absolute Gasteiger partial charge is 0.333 e. The van der Waals surface area contributed by atoms with E-state index in [1.807, 2.05) is 13.8 Å². The molecule has 1 atom stereocenters. The van der Waals surface area contributed by atoms with E-state index in [0.717, 1.165) is 0 Å². The highest BCUT2D eigenvalue weighted by Gasteiger charge is 2.34. The maximum Gasteiger partial charge on any atom is 0.333 e. The molecule has 1 rings (SSSR count). The summed E-state index contributed by atoms with van der Waals surface area (Å²) in [5.41, 5.74) is 0.309. The average molecular weight is 335 g/mol. The first kappa shape index (κ1) is 16.2. The number of hydrogen-bond acceptors (Lipinski definition) is 5. The molecule has 0 aromatic carbocycles. The Morgan fingerprint density at radius 1 is 1.47 bits per heavy atom. The van der Waals surface area contributed by atoms with Gasteiger partial charge >= 0.3 is 5.97 Å². The van der Waals surface area contributed by atoms with Gasteiger partial charge in [-0.2, -0.15) is 0 Å². The molecule has 1 aliphatic rings. The van der Waals surface area contributed by atoms with Crippen molar-refractivity contribution in [1.29, 1.82) is 0 Å². The van der Waals surface area contributed by atoms with E-state index in [4.69, 9.17) is 18.9 Å². The van der Waals surface area contributed by atoms with Crippen LogP contribution in [0.1, 0.15) is 20.8 Å². The van der Waals surface area contributed by atoms with Crippen LogP contribution in [0.2, 0.25) is 0 Å². The highest BCUT2D eigenvalue weighted by Crippen LogP contribution is 2.26. The number of rotatable bonds is 7. The molecule has 0 saturated carbocycles. The van der Waals surface area contributed by atoms with Crippen LogP contribution >= 0.6 is 15.9 Å². The van der Waals surface area contributed by atoms with E-state index in [2.05, 4.69) is 29.1 Å². The fourth-order valence-corrected chi connectivity index (χ4v) is 1.24. The Kier molecular flexibility index (Phi) is 5.58. The van der Waals surface area contributed by atoms with Crippen molar-refractivity contribution in [2.24, 2.45) is 0 Å². The predicted molar refractivity (Wildman–Crippen MR) is 73.6 cm³/mol. The first-order valence-corrected chi connectivity index (χ1v) is 6.62. The number of hydrogen-bond donors (Lipinski definition) is 0. The second-order valence-electron chi connectivity index (χ2n) is 4.75. The van der Waals surface area contributed by atoms with E-state index in [1.165, 1.54) is 0 Å². The van der Waals surface area contributed by atoms with Crippen molar-refractivity contribution in [2.75, 3.05) is 13.4 Å². The molecule has 0 bridgehead atoms. The van der Waals surface area contributed by atoms with Gasteiger partial charge in [0.05, 0.1) is 4.32 Å². The van der Waals surface area contributed by atoms with Crippen molar-refractivity contribution in [3.63, 3.8) is 0 Å². The molecule has 1 heterocycles. The van der Waals surface area contributed by atoms with Crippen molar-refractivity contribution in [2.45, 2.75) is 37.5 Å². The van der Waals surface area contributed by atoms with E-state index in [1.54, 1.807) is 6.92 Å². The van der Waals surface area contributed by atoms with Crippen LogP contribution in [-0.2, 0) is 23.7 Å². The molecule has 1 fully saturated rings. The van der Waals surface area contributed by atoms with Crippen LogP contribution in [0.5, 0.6) is 0 Å². The summed E-state index contributed by atoms with van der Waals surface area (Å²) in [5, 5.41) is 0. The van der Waals surface area contributed by atoms with E-state index in [0.29, 0.717) is 11.3 Å². The quantitative estimate of drug-likeness (QED) is 0.310. The maximum absolute atomic E-state index is 11.5.